The summed E-state index contributed by atoms with van der Waals surface area (Å²) in [4.78, 5) is 25.0. The Kier molecular flexibility index (Phi) is 23.5. The maximum Gasteiger partial charge on any atom is 0.408 e. The Labute approximate surface area is 174 Å². The topological polar surface area (TPSA) is 89.4 Å². The number of ether oxygens (including phenoxy) is 1. The van der Waals surface area contributed by atoms with E-state index < -0.39 is 6.09 Å². The number of aliphatic hydroxyl groups is 1. The van der Waals surface area contributed by atoms with Gasteiger partial charge in [-0.25, -0.2) is 9.79 Å². The van der Waals surface area contributed by atoms with Crippen LogP contribution in [0.1, 0.15) is 6.92 Å². The summed E-state index contributed by atoms with van der Waals surface area (Å²) >= 11 is 9.51. The second kappa shape index (κ2) is 22.8. The molecule has 0 fully saturated rings. The molecule has 0 bridgehead atoms. The highest BCUT2D eigenvalue weighted by Crippen LogP contribution is 2.17. The number of alkyl carbamates (subject to hydrolysis) is 1. The Morgan fingerprint density at radius 1 is 1.08 bits per heavy atom. The number of carbonyl (C=O) groups is 1. The van der Waals surface area contributed by atoms with E-state index in [9.17, 15) is 4.79 Å². The second-order valence-electron chi connectivity index (χ2n) is 3.62. The molecule has 0 radical (unpaired) electrons. The van der Waals surface area contributed by atoms with Crippen LogP contribution in [0, 0.1) is 0 Å². The highest BCUT2D eigenvalue weighted by atomic mass is 32.2. The minimum atomic E-state index is -0.415. The maximum absolute atomic E-state index is 11.3. The van der Waals surface area contributed by atoms with Gasteiger partial charge in [0.25, 0.3) is 0 Å². The van der Waals surface area contributed by atoms with Gasteiger partial charge in [0.1, 0.15) is 11.9 Å². The van der Waals surface area contributed by atoms with Crippen LogP contribution >= 0.6 is 70.6 Å². The minimum Gasteiger partial charge on any atom is -0.438 e. The van der Waals surface area contributed by atoms with E-state index in [-0.39, 0.29) is 5.94 Å². The quantitative estimate of drug-likeness (QED) is 0.0769. The molecule has 0 spiro atoms. The van der Waals surface area contributed by atoms with E-state index in [1.807, 2.05) is 0 Å². The molecule has 0 rings (SSSR count). The van der Waals surface area contributed by atoms with E-state index in [1.54, 1.807) is 47.0 Å². The van der Waals surface area contributed by atoms with Gasteiger partial charge in [-0.1, -0.05) is 6.92 Å². The summed E-state index contributed by atoms with van der Waals surface area (Å²) in [6.45, 7) is 2.05. The normalized spacial score (nSPS) is 11.0. The fourth-order valence-electron chi connectivity index (χ4n) is 0.906. The molecule has 7 nitrogen and oxygen atoms in total. The Hall–Kier alpha value is 0.760. The van der Waals surface area contributed by atoms with Crippen molar-refractivity contribution in [1.82, 2.24) is 5.32 Å². The van der Waals surface area contributed by atoms with Crippen molar-refractivity contribution in [3.05, 3.63) is 0 Å². The molecule has 0 aromatic heterocycles. The van der Waals surface area contributed by atoms with E-state index in [4.69, 9.17) is 19.6 Å². The zero-order valence-corrected chi connectivity index (χ0v) is 18.8. The standard InChI is InChI=1S/C12H24N2O5S6/c1-2-20-8-19-18-3-13-4-21-9-25-10-22-5-14-12(16)17-7-24-11-23-6-15/h3,15H,2,4-11H2,1H3,(H,14,16)/b13-3+. The zero-order valence-electron chi connectivity index (χ0n) is 13.9. The molecular formula is C12H24N2O5S6. The van der Waals surface area contributed by atoms with Crippen molar-refractivity contribution in [1.29, 1.82) is 0 Å². The first-order chi connectivity index (χ1) is 12.3. The summed E-state index contributed by atoms with van der Waals surface area (Å²) in [7, 11) is 0. The average Bonchev–Trinajstić information content (AvgIpc) is 2.62. The monoisotopic (exact) mass is 468 g/mol. The van der Waals surface area contributed by atoms with Gasteiger partial charge in [-0.15, -0.1) is 70.6 Å². The third-order valence-corrected chi connectivity index (χ3v) is 7.69. The van der Waals surface area contributed by atoms with Crippen molar-refractivity contribution < 1.29 is 24.4 Å². The average molecular weight is 469 g/mol. The predicted octanol–water partition coefficient (Wildman–Crippen LogP) is 3.76. The number of nitrogens with one attached hydrogen (secondary N) is 1. The van der Waals surface area contributed by atoms with Crippen molar-refractivity contribution >= 4 is 83.1 Å². The minimum absolute atomic E-state index is 0.0820. The summed E-state index contributed by atoms with van der Waals surface area (Å²) < 4.78 is 4.96. The fourth-order valence-corrected chi connectivity index (χ4v) is 5.27. The molecule has 0 heterocycles. The van der Waals surface area contributed by atoms with Crippen molar-refractivity contribution in [3.63, 3.8) is 0 Å². The third-order valence-electron chi connectivity index (χ3n) is 1.87. The van der Waals surface area contributed by atoms with Crippen LogP contribution in [-0.4, -0.2) is 68.2 Å². The molecule has 25 heavy (non-hydrogen) atoms. The lowest BCUT2D eigenvalue weighted by Gasteiger charge is -2.06. The van der Waals surface area contributed by atoms with Gasteiger partial charge < -0.3 is 20.0 Å². The van der Waals surface area contributed by atoms with Crippen LogP contribution in [0.15, 0.2) is 4.99 Å². The van der Waals surface area contributed by atoms with E-state index >= 15 is 0 Å². The number of hydrogen-bond acceptors (Lipinski definition) is 12. The lowest BCUT2D eigenvalue weighted by atomic mass is 11.0. The zero-order chi connectivity index (χ0) is 18.4. The molecule has 2 N–H and O–H groups in total. The van der Waals surface area contributed by atoms with Crippen LogP contribution in [0.3, 0.4) is 0 Å². The molecule has 1 amide bonds. The number of carbonyl (C=O) groups excluding carboxylic acids is 1. The van der Waals surface area contributed by atoms with Crippen LogP contribution in [-0.2, 0) is 14.5 Å². The second-order valence-corrected chi connectivity index (χ2v) is 10.7. The first-order valence-electron chi connectivity index (χ1n) is 7.05. The smallest absolute Gasteiger partial charge is 0.408 e. The Balaban J connectivity index is 3.17. The van der Waals surface area contributed by atoms with E-state index in [2.05, 4.69) is 17.2 Å². The largest absolute Gasteiger partial charge is 0.438 e. The Morgan fingerprint density at radius 2 is 1.88 bits per heavy atom. The summed E-state index contributed by atoms with van der Waals surface area (Å²) in [5.41, 5.74) is 0. The molecule has 0 unspecified atom stereocenters. The number of aliphatic hydroxyl groups excluding tert-OH is 1. The first kappa shape index (κ1) is 25.8. The van der Waals surface area contributed by atoms with Crippen molar-refractivity contribution in [2.45, 2.75) is 6.92 Å². The van der Waals surface area contributed by atoms with Crippen LogP contribution in [0.4, 0.5) is 4.79 Å². The summed E-state index contributed by atoms with van der Waals surface area (Å²) in [5, 5.41) is 13.7. The van der Waals surface area contributed by atoms with Gasteiger partial charge in [0.05, 0.1) is 17.7 Å². The van der Waals surface area contributed by atoms with Gasteiger partial charge in [0, 0.05) is 15.3 Å². The molecule has 0 saturated heterocycles. The number of nitrogens with zero attached hydrogens (tertiary/aromatic N) is 1. The molecule has 0 aliphatic heterocycles. The molecule has 0 aromatic rings. The molecule has 13 heteroatoms. The lowest BCUT2D eigenvalue weighted by molar-refractivity contribution is -0.196. The maximum atomic E-state index is 11.3. The highest BCUT2D eigenvalue weighted by Gasteiger charge is 2.00. The Bertz CT molecular complexity index is 330. The van der Waals surface area contributed by atoms with Crippen molar-refractivity contribution in [2.24, 2.45) is 4.99 Å². The fraction of sp³-hybridized carbons (Fsp3) is 0.833. The van der Waals surface area contributed by atoms with E-state index in [0.29, 0.717) is 28.7 Å². The van der Waals surface area contributed by atoms with Gasteiger partial charge in [0.15, 0.2) is 0 Å². The number of hydrogen-bond donors (Lipinski definition) is 2. The van der Waals surface area contributed by atoms with Gasteiger partial charge in [0.2, 0.25) is 6.40 Å². The first-order valence-corrected chi connectivity index (χ1v) is 14.0. The predicted molar refractivity (Wildman–Crippen MR) is 118 cm³/mol. The molecule has 0 aliphatic rings. The number of aliphatic imine (C=N–C) groups is 1. The molecule has 148 valence electrons. The van der Waals surface area contributed by atoms with Gasteiger partial charge in [-0.05, 0) is 5.75 Å². The SMILES string of the molecule is CCSCOO/C=N/CSCSCSCNC(=O)OCSCSCO. The van der Waals surface area contributed by atoms with Crippen LogP contribution in [0.2, 0.25) is 0 Å². The van der Waals surface area contributed by atoms with Crippen molar-refractivity contribution in [2.75, 3.05) is 50.6 Å². The molecule has 0 saturated carbocycles. The van der Waals surface area contributed by atoms with E-state index in [0.717, 1.165) is 15.9 Å². The van der Waals surface area contributed by atoms with Crippen molar-refractivity contribution in [3.8, 4) is 0 Å². The van der Waals surface area contributed by atoms with Crippen LogP contribution in [0.5, 0.6) is 0 Å². The summed E-state index contributed by atoms with van der Waals surface area (Å²) in [5.74, 6) is 3.02. The molecule has 0 aliphatic carbocycles. The number of amides is 1. The lowest BCUT2D eigenvalue weighted by Crippen LogP contribution is -2.23. The van der Waals surface area contributed by atoms with E-state index in [1.165, 1.54) is 29.9 Å². The highest BCUT2D eigenvalue weighted by molar-refractivity contribution is 8.22. The molecule has 0 atom stereocenters. The van der Waals surface area contributed by atoms with Gasteiger partial charge in [-0.3, -0.25) is 0 Å². The number of rotatable bonds is 18. The summed E-state index contributed by atoms with van der Waals surface area (Å²) in [6.07, 6.45) is 0.904. The molecular weight excluding hydrogens is 445 g/mol. The van der Waals surface area contributed by atoms with Gasteiger partial charge >= 0.3 is 6.09 Å². The van der Waals surface area contributed by atoms with Crippen LogP contribution in [0.25, 0.3) is 0 Å². The van der Waals surface area contributed by atoms with Gasteiger partial charge in [-0.2, -0.15) is 4.89 Å². The number of thioether (sulfide) groups is 6. The Morgan fingerprint density at radius 3 is 2.68 bits per heavy atom. The van der Waals surface area contributed by atoms with Crippen LogP contribution < -0.4 is 5.32 Å². The summed E-state index contributed by atoms with van der Waals surface area (Å²) in [6, 6.07) is 0. The molecule has 0 aromatic carbocycles. The third kappa shape index (κ3) is 22.7.